The maximum Gasteiger partial charge on any atom is 0.124 e. The highest BCUT2D eigenvalue weighted by molar-refractivity contribution is 6.30. The van der Waals surface area contributed by atoms with Crippen LogP contribution in [-0.2, 0) is 4.74 Å². The summed E-state index contributed by atoms with van der Waals surface area (Å²) >= 11 is 5.92. The number of hydrogen-bond donors (Lipinski definition) is 1. The molecule has 1 unspecified atom stereocenters. The van der Waals surface area contributed by atoms with Crippen LogP contribution in [0.2, 0.25) is 5.02 Å². The normalized spacial score (nSPS) is 21.1. The topological polar surface area (TPSA) is 30.5 Å². The molecule has 1 N–H and O–H groups in total. The molecule has 1 aliphatic rings. The zero-order valence-corrected chi connectivity index (χ0v) is 8.67. The molecule has 14 heavy (non-hydrogen) atoms. The second-order valence-electron chi connectivity index (χ2n) is 3.14. The molecule has 2 rings (SSSR count). The summed E-state index contributed by atoms with van der Waals surface area (Å²) in [6.07, 6.45) is 0.0450. The zero-order valence-electron chi connectivity index (χ0n) is 7.92. The smallest absolute Gasteiger partial charge is 0.124 e. The van der Waals surface area contributed by atoms with Crippen molar-refractivity contribution in [3.05, 3.63) is 28.8 Å². The molecule has 1 aromatic rings. The Balaban J connectivity index is 2.33. The number of rotatable bonds is 2. The van der Waals surface area contributed by atoms with Gasteiger partial charge in [-0.2, -0.15) is 0 Å². The number of methoxy groups -OCH3 is 1. The van der Waals surface area contributed by atoms with Crippen LogP contribution in [0.1, 0.15) is 11.7 Å². The quantitative estimate of drug-likeness (QED) is 0.815. The fourth-order valence-electron chi connectivity index (χ4n) is 1.57. The van der Waals surface area contributed by atoms with E-state index in [1.807, 2.05) is 18.2 Å². The average Bonchev–Trinajstić information content (AvgIpc) is 2.70. The monoisotopic (exact) mass is 213 g/mol. The van der Waals surface area contributed by atoms with Gasteiger partial charge in [0.15, 0.2) is 0 Å². The van der Waals surface area contributed by atoms with E-state index in [9.17, 15) is 0 Å². The zero-order chi connectivity index (χ0) is 9.97. The van der Waals surface area contributed by atoms with Crippen molar-refractivity contribution >= 4 is 11.6 Å². The molecule has 0 aromatic heterocycles. The predicted octanol–water partition coefficient (Wildman–Crippen LogP) is 1.97. The lowest BCUT2D eigenvalue weighted by Crippen LogP contribution is -2.08. The molecule has 0 amide bonds. The van der Waals surface area contributed by atoms with Gasteiger partial charge in [0.25, 0.3) is 0 Å². The van der Waals surface area contributed by atoms with Crippen molar-refractivity contribution in [3.63, 3.8) is 0 Å². The highest BCUT2D eigenvalue weighted by atomic mass is 35.5. The lowest BCUT2D eigenvalue weighted by Gasteiger charge is -2.13. The summed E-state index contributed by atoms with van der Waals surface area (Å²) in [5.41, 5.74) is 1.00. The van der Waals surface area contributed by atoms with Gasteiger partial charge in [0.1, 0.15) is 11.9 Å². The molecule has 1 heterocycles. The maximum absolute atomic E-state index is 5.92. The van der Waals surface area contributed by atoms with Gasteiger partial charge in [0.2, 0.25) is 0 Å². The van der Waals surface area contributed by atoms with E-state index in [0.717, 1.165) is 17.9 Å². The molecule has 0 spiro atoms. The minimum atomic E-state index is 0.0450. The Morgan fingerprint density at radius 3 is 3.07 bits per heavy atom. The largest absolute Gasteiger partial charge is 0.496 e. The van der Waals surface area contributed by atoms with Crippen molar-refractivity contribution in [2.75, 3.05) is 20.4 Å². The first kappa shape index (κ1) is 9.77. The number of ether oxygens (including phenoxy) is 2. The van der Waals surface area contributed by atoms with E-state index in [1.54, 1.807) is 7.11 Å². The van der Waals surface area contributed by atoms with E-state index in [2.05, 4.69) is 5.32 Å². The highest BCUT2D eigenvalue weighted by Gasteiger charge is 2.20. The van der Waals surface area contributed by atoms with E-state index in [4.69, 9.17) is 21.1 Å². The van der Waals surface area contributed by atoms with E-state index >= 15 is 0 Å². The van der Waals surface area contributed by atoms with Crippen LogP contribution in [0, 0.1) is 0 Å². The summed E-state index contributed by atoms with van der Waals surface area (Å²) in [4.78, 5) is 0. The van der Waals surface area contributed by atoms with Crippen molar-refractivity contribution in [3.8, 4) is 5.75 Å². The Kier molecular flexibility index (Phi) is 2.91. The molecule has 1 aliphatic heterocycles. The van der Waals surface area contributed by atoms with Crippen LogP contribution in [-0.4, -0.2) is 20.4 Å². The van der Waals surface area contributed by atoms with Crippen molar-refractivity contribution < 1.29 is 9.47 Å². The van der Waals surface area contributed by atoms with Gasteiger partial charge in [-0.1, -0.05) is 11.6 Å². The molecular weight excluding hydrogens is 202 g/mol. The van der Waals surface area contributed by atoms with Crippen molar-refractivity contribution in [1.29, 1.82) is 0 Å². The number of benzene rings is 1. The van der Waals surface area contributed by atoms with Gasteiger partial charge in [-0.15, -0.1) is 0 Å². The SMILES string of the molecule is COc1ccc(Cl)cc1C1CNCO1. The summed E-state index contributed by atoms with van der Waals surface area (Å²) < 4.78 is 10.7. The first-order chi connectivity index (χ1) is 6.81. The second kappa shape index (κ2) is 4.17. The fraction of sp³-hybridized carbons (Fsp3) is 0.400. The van der Waals surface area contributed by atoms with Crippen LogP contribution in [0.5, 0.6) is 5.75 Å². The standard InChI is InChI=1S/C10H12ClNO2/c1-13-9-3-2-7(11)4-8(9)10-5-12-6-14-10/h2-4,10,12H,5-6H2,1H3. The van der Waals surface area contributed by atoms with E-state index in [0.29, 0.717) is 11.8 Å². The Morgan fingerprint density at radius 1 is 1.57 bits per heavy atom. The van der Waals surface area contributed by atoms with Gasteiger partial charge in [-0.25, -0.2) is 0 Å². The van der Waals surface area contributed by atoms with Crippen LogP contribution in [0.15, 0.2) is 18.2 Å². The molecule has 0 bridgehead atoms. The molecule has 0 saturated carbocycles. The second-order valence-corrected chi connectivity index (χ2v) is 3.58. The van der Waals surface area contributed by atoms with Crippen molar-refractivity contribution in [2.45, 2.75) is 6.10 Å². The first-order valence-corrected chi connectivity index (χ1v) is 4.85. The Morgan fingerprint density at radius 2 is 2.43 bits per heavy atom. The summed E-state index contributed by atoms with van der Waals surface area (Å²) in [6, 6.07) is 5.56. The first-order valence-electron chi connectivity index (χ1n) is 4.47. The number of hydrogen-bond acceptors (Lipinski definition) is 3. The molecular formula is C10H12ClNO2. The van der Waals surface area contributed by atoms with Crippen LogP contribution in [0.4, 0.5) is 0 Å². The van der Waals surface area contributed by atoms with Crippen LogP contribution in [0.25, 0.3) is 0 Å². The maximum atomic E-state index is 5.92. The number of halogens is 1. The summed E-state index contributed by atoms with van der Waals surface area (Å²) in [6.45, 7) is 1.39. The average molecular weight is 214 g/mol. The highest BCUT2D eigenvalue weighted by Crippen LogP contribution is 2.31. The van der Waals surface area contributed by atoms with Gasteiger partial charge in [0.05, 0.1) is 13.8 Å². The Labute approximate surface area is 88.0 Å². The van der Waals surface area contributed by atoms with Crippen LogP contribution < -0.4 is 10.1 Å². The van der Waals surface area contributed by atoms with E-state index in [-0.39, 0.29) is 6.10 Å². The Hall–Kier alpha value is -0.770. The summed E-state index contributed by atoms with van der Waals surface area (Å²) in [7, 11) is 1.65. The van der Waals surface area contributed by atoms with E-state index < -0.39 is 0 Å². The molecule has 0 aliphatic carbocycles. The molecule has 76 valence electrons. The minimum Gasteiger partial charge on any atom is -0.496 e. The van der Waals surface area contributed by atoms with Crippen LogP contribution >= 0.6 is 11.6 Å². The molecule has 0 radical (unpaired) electrons. The third-order valence-electron chi connectivity index (χ3n) is 2.25. The third kappa shape index (κ3) is 1.85. The van der Waals surface area contributed by atoms with Crippen LogP contribution in [0.3, 0.4) is 0 Å². The lowest BCUT2D eigenvalue weighted by molar-refractivity contribution is 0.112. The van der Waals surface area contributed by atoms with Crippen molar-refractivity contribution in [2.24, 2.45) is 0 Å². The molecule has 1 atom stereocenters. The summed E-state index contributed by atoms with van der Waals surface area (Å²) in [5, 5.41) is 3.83. The van der Waals surface area contributed by atoms with Gasteiger partial charge in [-0.3, -0.25) is 5.32 Å². The van der Waals surface area contributed by atoms with E-state index in [1.165, 1.54) is 0 Å². The lowest BCUT2D eigenvalue weighted by atomic mass is 10.1. The van der Waals surface area contributed by atoms with Gasteiger partial charge >= 0.3 is 0 Å². The Bertz CT molecular complexity index is 324. The predicted molar refractivity (Wildman–Crippen MR) is 54.7 cm³/mol. The summed E-state index contributed by atoms with van der Waals surface area (Å²) in [5.74, 6) is 0.822. The third-order valence-corrected chi connectivity index (χ3v) is 2.49. The minimum absolute atomic E-state index is 0.0450. The van der Waals surface area contributed by atoms with Gasteiger partial charge in [0, 0.05) is 17.1 Å². The molecule has 4 heteroatoms. The van der Waals surface area contributed by atoms with Crippen molar-refractivity contribution in [1.82, 2.24) is 5.32 Å². The molecule has 1 fully saturated rings. The fourth-order valence-corrected chi connectivity index (χ4v) is 1.75. The molecule has 1 aromatic carbocycles. The van der Waals surface area contributed by atoms with Gasteiger partial charge in [-0.05, 0) is 18.2 Å². The molecule has 3 nitrogen and oxygen atoms in total. The number of nitrogens with one attached hydrogen (secondary N) is 1. The molecule has 1 saturated heterocycles. The van der Waals surface area contributed by atoms with Gasteiger partial charge < -0.3 is 9.47 Å².